The van der Waals surface area contributed by atoms with Crippen molar-refractivity contribution in [2.45, 2.75) is 26.9 Å². The number of rotatable bonds is 5. The summed E-state index contributed by atoms with van der Waals surface area (Å²) >= 11 is 0. The Kier molecular flexibility index (Phi) is 4.70. The third kappa shape index (κ3) is 3.66. The highest BCUT2D eigenvalue weighted by Crippen LogP contribution is 2.12. The molecule has 2 aromatic rings. The molecule has 21 heavy (non-hydrogen) atoms. The Balaban J connectivity index is 1.94. The number of hydrogen-bond acceptors (Lipinski definition) is 5. The summed E-state index contributed by atoms with van der Waals surface area (Å²) in [7, 11) is 1.22. The topological polar surface area (TPSA) is 64.4 Å². The van der Waals surface area contributed by atoms with Gasteiger partial charge in [0.05, 0.1) is 24.9 Å². The molecular formula is C15H17FN2O3. The molecule has 0 aliphatic carbocycles. The van der Waals surface area contributed by atoms with Crippen LogP contribution in [0.4, 0.5) is 4.39 Å². The lowest BCUT2D eigenvalue weighted by Gasteiger charge is -2.05. The minimum Gasteiger partial charge on any atom is -0.465 e. The van der Waals surface area contributed by atoms with Gasteiger partial charge in [0.15, 0.2) is 0 Å². The number of esters is 1. The van der Waals surface area contributed by atoms with Crippen LogP contribution >= 0.6 is 0 Å². The number of hydrogen-bond donors (Lipinski definition) is 1. The summed E-state index contributed by atoms with van der Waals surface area (Å²) in [6.45, 7) is 4.63. The molecule has 0 fully saturated rings. The molecule has 5 nitrogen and oxygen atoms in total. The van der Waals surface area contributed by atoms with E-state index in [0.717, 1.165) is 17.0 Å². The molecule has 1 heterocycles. The summed E-state index contributed by atoms with van der Waals surface area (Å²) in [4.78, 5) is 15.5. The van der Waals surface area contributed by atoms with Crippen molar-refractivity contribution < 1.29 is 18.3 Å². The molecule has 6 heteroatoms. The maximum absolute atomic E-state index is 13.7. The fourth-order valence-corrected chi connectivity index (χ4v) is 1.87. The Morgan fingerprint density at radius 3 is 2.71 bits per heavy atom. The van der Waals surface area contributed by atoms with Crippen molar-refractivity contribution in [2.24, 2.45) is 0 Å². The molecule has 0 bridgehead atoms. The van der Waals surface area contributed by atoms with Crippen LogP contribution in [0.2, 0.25) is 0 Å². The van der Waals surface area contributed by atoms with Crippen LogP contribution < -0.4 is 5.32 Å². The smallest absolute Gasteiger partial charge is 0.340 e. The van der Waals surface area contributed by atoms with Crippen LogP contribution in [-0.2, 0) is 17.8 Å². The summed E-state index contributed by atoms with van der Waals surface area (Å²) in [6.07, 6.45) is 0. The summed E-state index contributed by atoms with van der Waals surface area (Å²) < 4.78 is 23.7. The van der Waals surface area contributed by atoms with Gasteiger partial charge in [-0.25, -0.2) is 14.2 Å². The number of carbonyl (C=O) groups is 1. The molecule has 0 unspecified atom stereocenters. The van der Waals surface area contributed by atoms with E-state index in [4.69, 9.17) is 4.42 Å². The predicted octanol–water partition coefficient (Wildman–Crippen LogP) is 2.51. The van der Waals surface area contributed by atoms with E-state index >= 15 is 0 Å². The van der Waals surface area contributed by atoms with E-state index in [2.05, 4.69) is 15.0 Å². The number of benzene rings is 1. The second-order valence-corrected chi connectivity index (χ2v) is 4.66. The standard InChI is InChI=1S/C15H17FN2O3/c1-9-10(2)21-14(18-9)8-17-7-11-4-5-12(13(16)6-11)15(19)20-3/h4-6,17H,7-8H2,1-3H3. The molecule has 0 amide bonds. The molecule has 1 aromatic carbocycles. The quantitative estimate of drug-likeness (QED) is 0.858. The van der Waals surface area contributed by atoms with Crippen molar-refractivity contribution in [2.75, 3.05) is 7.11 Å². The number of halogens is 1. The SMILES string of the molecule is COC(=O)c1ccc(CNCc2nc(C)c(C)o2)cc1F. The maximum atomic E-state index is 13.7. The molecule has 0 saturated heterocycles. The zero-order valence-electron chi connectivity index (χ0n) is 12.2. The molecule has 0 aliphatic rings. The average molecular weight is 292 g/mol. The van der Waals surface area contributed by atoms with Gasteiger partial charge in [-0.2, -0.15) is 0 Å². The third-order valence-corrected chi connectivity index (χ3v) is 3.12. The van der Waals surface area contributed by atoms with Gasteiger partial charge in [-0.05, 0) is 31.5 Å². The van der Waals surface area contributed by atoms with Gasteiger partial charge in [0.2, 0.25) is 5.89 Å². The number of methoxy groups -OCH3 is 1. The van der Waals surface area contributed by atoms with E-state index in [-0.39, 0.29) is 5.56 Å². The highest BCUT2D eigenvalue weighted by atomic mass is 19.1. The molecule has 1 aromatic heterocycles. The normalized spacial score (nSPS) is 10.7. The minimum atomic E-state index is -0.683. The van der Waals surface area contributed by atoms with E-state index in [1.54, 1.807) is 6.07 Å². The lowest BCUT2D eigenvalue weighted by atomic mass is 10.1. The highest BCUT2D eigenvalue weighted by molar-refractivity contribution is 5.89. The summed E-state index contributed by atoms with van der Waals surface area (Å²) in [5.74, 6) is 0.110. The number of carbonyl (C=O) groups excluding carboxylic acids is 1. The van der Waals surface area contributed by atoms with Crippen molar-refractivity contribution in [3.05, 3.63) is 52.5 Å². The first-order valence-corrected chi connectivity index (χ1v) is 6.51. The number of aryl methyl sites for hydroxylation is 2. The third-order valence-electron chi connectivity index (χ3n) is 3.12. The van der Waals surface area contributed by atoms with Gasteiger partial charge >= 0.3 is 5.97 Å². The number of aromatic nitrogens is 1. The van der Waals surface area contributed by atoms with Gasteiger partial charge in [-0.1, -0.05) is 6.07 Å². The molecule has 0 spiro atoms. The van der Waals surface area contributed by atoms with Gasteiger partial charge in [-0.15, -0.1) is 0 Å². The van der Waals surface area contributed by atoms with Gasteiger partial charge in [-0.3, -0.25) is 0 Å². The van der Waals surface area contributed by atoms with Gasteiger partial charge in [0.1, 0.15) is 11.6 Å². The van der Waals surface area contributed by atoms with Crippen molar-refractivity contribution in [1.29, 1.82) is 0 Å². The Bertz CT molecular complexity index is 633. The predicted molar refractivity (Wildman–Crippen MR) is 74.3 cm³/mol. The Morgan fingerprint density at radius 2 is 2.14 bits per heavy atom. The van der Waals surface area contributed by atoms with E-state index in [1.807, 2.05) is 13.8 Å². The molecule has 2 rings (SSSR count). The minimum absolute atomic E-state index is 0.0693. The number of oxazole rings is 1. The molecule has 112 valence electrons. The summed E-state index contributed by atoms with van der Waals surface area (Å²) in [6, 6.07) is 4.40. The second-order valence-electron chi connectivity index (χ2n) is 4.66. The zero-order chi connectivity index (χ0) is 15.4. The van der Waals surface area contributed by atoms with Crippen molar-refractivity contribution in [3.63, 3.8) is 0 Å². The van der Waals surface area contributed by atoms with Crippen LogP contribution in [0, 0.1) is 19.7 Å². The fraction of sp³-hybridized carbons (Fsp3) is 0.333. The first kappa shape index (κ1) is 15.2. The number of nitrogens with one attached hydrogen (secondary N) is 1. The molecule has 0 atom stereocenters. The van der Waals surface area contributed by atoms with Crippen molar-refractivity contribution >= 4 is 5.97 Å². The van der Waals surface area contributed by atoms with E-state index in [0.29, 0.717) is 19.0 Å². The first-order chi connectivity index (χ1) is 10.0. The van der Waals surface area contributed by atoms with Crippen LogP contribution in [0.3, 0.4) is 0 Å². The molecular weight excluding hydrogens is 275 g/mol. The Labute approximate surface area is 122 Å². The van der Waals surface area contributed by atoms with Crippen molar-refractivity contribution in [3.8, 4) is 0 Å². The monoisotopic (exact) mass is 292 g/mol. The zero-order valence-corrected chi connectivity index (χ0v) is 12.2. The van der Waals surface area contributed by atoms with Crippen LogP contribution in [0.25, 0.3) is 0 Å². The molecule has 1 N–H and O–H groups in total. The van der Waals surface area contributed by atoms with Crippen molar-refractivity contribution in [1.82, 2.24) is 10.3 Å². The fourth-order valence-electron chi connectivity index (χ4n) is 1.87. The van der Waals surface area contributed by atoms with Crippen LogP contribution in [-0.4, -0.2) is 18.1 Å². The second kappa shape index (κ2) is 6.49. The van der Waals surface area contributed by atoms with Crippen LogP contribution in [0.1, 0.15) is 33.3 Å². The largest absolute Gasteiger partial charge is 0.465 e. The number of ether oxygens (including phenoxy) is 1. The highest BCUT2D eigenvalue weighted by Gasteiger charge is 2.12. The lowest BCUT2D eigenvalue weighted by Crippen LogP contribution is -2.13. The first-order valence-electron chi connectivity index (χ1n) is 6.51. The van der Waals surface area contributed by atoms with E-state index in [9.17, 15) is 9.18 Å². The molecule has 0 saturated carbocycles. The van der Waals surface area contributed by atoms with E-state index < -0.39 is 11.8 Å². The molecule has 0 aliphatic heterocycles. The van der Waals surface area contributed by atoms with E-state index in [1.165, 1.54) is 19.2 Å². The molecule has 0 radical (unpaired) electrons. The van der Waals surface area contributed by atoms with Gasteiger partial charge < -0.3 is 14.5 Å². The van der Waals surface area contributed by atoms with Gasteiger partial charge in [0, 0.05) is 6.54 Å². The van der Waals surface area contributed by atoms with Crippen LogP contribution in [0.5, 0.6) is 0 Å². The van der Waals surface area contributed by atoms with Gasteiger partial charge in [0.25, 0.3) is 0 Å². The number of nitrogens with zero attached hydrogens (tertiary/aromatic N) is 1. The lowest BCUT2D eigenvalue weighted by molar-refractivity contribution is 0.0595. The summed E-state index contributed by atoms with van der Waals surface area (Å²) in [5, 5.41) is 3.11. The average Bonchev–Trinajstić information content (AvgIpc) is 2.77. The van der Waals surface area contributed by atoms with Crippen LogP contribution in [0.15, 0.2) is 22.6 Å². The Morgan fingerprint density at radius 1 is 1.38 bits per heavy atom. The Hall–Kier alpha value is -2.21. The summed E-state index contributed by atoms with van der Waals surface area (Å²) in [5.41, 5.74) is 1.51. The maximum Gasteiger partial charge on any atom is 0.340 e.